The lowest BCUT2D eigenvalue weighted by atomic mass is 10.0. The molecule has 3 aromatic rings. The van der Waals surface area contributed by atoms with E-state index in [1.165, 1.54) is 30.0 Å². The monoisotopic (exact) mass is 389 g/mol. The highest BCUT2D eigenvalue weighted by Crippen LogP contribution is 2.36. The maximum Gasteiger partial charge on any atom is 0.387 e. The quantitative estimate of drug-likeness (QED) is 0.720. The van der Waals surface area contributed by atoms with Crippen LogP contribution in [0.4, 0.5) is 19.1 Å². The maximum atomic E-state index is 13.2. The van der Waals surface area contributed by atoms with E-state index >= 15 is 0 Å². The molecule has 0 spiro atoms. The summed E-state index contributed by atoms with van der Waals surface area (Å²) in [4.78, 5) is 0. The number of fused-ring (bicyclic) bond motifs is 1. The van der Waals surface area contributed by atoms with Gasteiger partial charge in [0.25, 0.3) is 0 Å². The number of tetrazole rings is 1. The molecule has 4 rings (SSSR count). The predicted octanol–water partition coefficient (Wildman–Crippen LogP) is 3.48. The molecule has 0 saturated heterocycles. The summed E-state index contributed by atoms with van der Waals surface area (Å²) < 4.78 is 49.5. The third-order valence-electron chi connectivity index (χ3n) is 4.23. The zero-order valence-electron chi connectivity index (χ0n) is 14.5. The summed E-state index contributed by atoms with van der Waals surface area (Å²) in [6, 6.07) is 10.1. The number of allylic oxidation sites excluding steroid dienone is 1. The van der Waals surface area contributed by atoms with Gasteiger partial charge >= 0.3 is 6.61 Å². The van der Waals surface area contributed by atoms with E-state index in [-0.39, 0.29) is 17.3 Å². The fraction of sp³-hybridized carbons (Fsp3) is 0.167. The largest absolute Gasteiger partial charge is 0.493 e. The number of rotatable bonds is 5. The van der Waals surface area contributed by atoms with Gasteiger partial charge in [-0.2, -0.15) is 13.5 Å². The highest BCUT2D eigenvalue weighted by atomic mass is 19.3. The van der Waals surface area contributed by atoms with Crippen molar-refractivity contribution in [1.82, 2.24) is 20.2 Å². The molecule has 144 valence electrons. The lowest BCUT2D eigenvalue weighted by Crippen LogP contribution is -2.20. The molecule has 2 heterocycles. The Morgan fingerprint density at radius 2 is 1.89 bits per heavy atom. The van der Waals surface area contributed by atoms with Gasteiger partial charge in [-0.05, 0) is 64.0 Å². The summed E-state index contributed by atoms with van der Waals surface area (Å²) in [7, 11) is 1.36. The van der Waals surface area contributed by atoms with Crippen LogP contribution < -0.4 is 14.8 Å². The topological polar surface area (TPSA) is 74.1 Å². The molecule has 2 aromatic carbocycles. The minimum Gasteiger partial charge on any atom is -0.493 e. The first-order valence-corrected chi connectivity index (χ1v) is 8.20. The molecule has 28 heavy (non-hydrogen) atoms. The van der Waals surface area contributed by atoms with Crippen LogP contribution in [0.3, 0.4) is 0 Å². The molecule has 1 aromatic heterocycles. The molecule has 0 aliphatic carbocycles. The Bertz CT molecular complexity index is 1020. The van der Waals surface area contributed by atoms with E-state index in [4.69, 9.17) is 4.74 Å². The van der Waals surface area contributed by atoms with Gasteiger partial charge in [0.2, 0.25) is 5.95 Å². The fourth-order valence-corrected chi connectivity index (χ4v) is 2.95. The molecular formula is C18H14F3N5O2. The van der Waals surface area contributed by atoms with Gasteiger partial charge in [-0.1, -0.05) is 11.2 Å². The van der Waals surface area contributed by atoms with Crippen molar-refractivity contribution in [1.29, 1.82) is 0 Å². The van der Waals surface area contributed by atoms with Gasteiger partial charge in [0.1, 0.15) is 11.9 Å². The second-order valence-electron chi connectivity index (χ2n) is 5.89. The number of nitrogens with one attached hydrogen (secondary N) is 1. The highest BCUT2D eigenvalue weighted by Gasteiger charge is 2.25. The average Bonchev–Trinajstić information content (AvgIpc) is 3.16. The number of ether oxygens (including phenoxy) is 2. The van der Waals surface area contributed by atoms with Crippen LogP contribution in [-0.4, -0.2) is 33.9 Å². The van der Waals surface area contributed by atoms with E-state index in [9.17, 15) is 13.2 Å². The minimum absolute atomic E-state index is 0.0742. The number of hydrogen-bond acceptors (Lipinski definition) is 6. The number of benzene rings is 2. The van der Waals surface area contributed by atoms with Gasteiger partial charge < -0.3 is 14.8 Å². The van der Waals surface area contributed by atoms with Gasteiger partial charge in [0, 0.05) is 5.70 Å². The van der Waals surface area contributed by atoms with Crippen LogP contribution in [0.15, 0.2) is 48.5 Å². The molecule has 1 aliphatic heterocycles. The van der Waals surface area contributed by atoms with Crippen molar-refractivity contribution in [2.45, 2.75) is 12.7 Å². The van der Waals surface area contributed by atoms with E-state index in [0.717, 1.165) is 5.56 Å². The van der Waals surface area contributed by atoms with E-state index in [2.05, 4.69) is 25.6 Å². The first-order valence-electron chi connectivity index (χ1n) is 8.20. The molecule has 0 radical (unpaired) electrons. The van der Waals surface area contributed by atoms with Crippen molar-refractivity contribution in [2.24, 2.45) is 0 Å². The smallest absolute Gasteiger partial charge is 0.387 e. The van der Waals surface area contributed by atoms with Gasteiger partial charge in [-0.3, -0.25) is 0 Å². The summed E-state index contributed by atoms with van der Waals surface area (Å²) in [5.41, 5.74) is 2.11. The second-order valence-corrected chi connectivity index (χ2v) is 5.89. The molecule has 7 nitrogen and oxygen atoms in total. The number of halogens is 3. The summed E-state index contributed by atoms with van der Waals surface area (Å²) in [5.74, 6) is 0.122. The summed E-state index contributed by atoms with van der Waals surface area (Å²) >= 11 is 0. The Balaban J connectivity index is 1.76. The van der Waals surface area contributed by atoms with Crippen molar-refractivity contribution in [3.05, 3.63) is 65.5 Å². The molecule has 1 N–H and O–H groups in total. The molecule has 0 saturated carbocycles. The SMILES string of the molecule is COc1cc([C@@H]2C=C(c3ccc(F)cc3)Nc3nnnn32)ccc1OC(F)F. The number of alkyl halides is 2. The van der Waals surface area contributed by atoms with Crippen LogP contribution in [0.1, 0.15) is 17.2 Å². The molecule has 0 bridgehead atoms. The Morgan fingerprint density at radius 1 is 1.11 bits per heavy atom. The molecule has 1 atom stereocenters. The maximum absolute atomic E-state index is 13.2. The number of nitrogens with zero attached hydrogens (tertiary/aromatic N) is 4. The molecule has 10 heteroatoms. The Kier molecular flexibility index (Phi) is 4.60. The molecule has 0 unspecified atom stereocenters. The van der Waals surface area contributed by atoms with Crippen molar-refractivity contribution >= 4 is 11.6 Å². The summed E-state index contributed by atoms with van der Waals surface area (Å²) in [6.07, 6.45) is 1.85. The van der Waals surface area contributed by atoms with E-state index in [1.54, 1.807) is 24.3 Å². The van der Waals surface area contributed by atoms with Gasteiger partial charge in [-0.15, -0.1) is 0 Å². The van der Waals surface area contributed by atoms with E-state index in [1.807, 2.05) is 6.08 Å². The van der Waals surface area contributed by atoms with Gasteiger partial charge in [-0.25, -0.2) is 4.39 Å². The summed E-state index contributed by atoms with van der Waals surface area (Å²) in [5, 5.41) is 14.7. The first kappa shape index (κ1) is 17.8. The lowest BCUT2D eigenvalue weighted by molar-refractivity contribution is -0.0512. The van der Waals surface area contributed by atoms with E-state index in [0.29, 0.717) is 17.2 Å². The average molecular weight is 389 g/mol. The first-order chi connectivity index (χ1) is 13.5. The molecule has 0 amide bonds. The molecular weight excluding hydrogens is 375 g/mol. The van der Waals surface area contributed by atoms with Crippen molar-refractivity contribution in [3.63, 3.8) is 0 Å². The fourth-order valence-electron chi connectivity index (χ4n) is 2.95. The molecule has 0 fully saturated rings. The Hall–Kier alpha value is -3.56. The second kappa shape index (κ2) is 7.22. The number of aromatic nitrogens is 4. The number of methoxy groups -OCH3 is 1. The zero-order chi connectivity index (χ0) is 19.7. The van der Waals surface area contributed by atoms with Crippen molar-refractivity contribution in [2.75, 3.05) is 12.4 Å². The Morgan fingerprint density at radius 3 is 2.61 bits per heavy atom. The van der Waals surface area contributed by atoms with Crippen LogP contribution in [-0.2, 0) is 0 Å². The zero-order valence-corrected chi connectivity index (χ0v) is 14.5. The Labute approximate surface area is 157 Å². The standard InChI is InChI=1S/C18H14F3N5O2/c1-27-16-8-11(4-7-15(16)28-17(20)21)14-9-13(10-2-5-12(19)6-3-10)22-18-23-24-25-26(14)18/h2-9,14,17H,1H3,(H,22,23,25)/t14-/m0/s1. The van der Waals surface area contributed by atoms with Crippen molar-refractivity contribution in [3.8, 4) is 11.5 Å². The number of hydrogen-bond donors (Lipinski definition) is 1. The van der Waals surface area contributed by atoms with Crippen LogP contribution in [0.2, 0.25) is 0 Å². The normalized spacial score (nSPS) is 15.6. The van der Waals surface area contributed by atoms with E-state index < -0.39 is 12.7 Å². The third kappa shape index (κ3) is 3.36. The minimum atomic E-state index is -2.96. The van der Waals surface area contributed by atoms with Gasteiger partial charge in [0.05, 0.1) is 7.11 Å². The summed E-state index contributed by atoms with van der Waals surface area (Å²) in [6.45, 7) is -2.96. The number of anilines is 1. The molecule has 1 aliphatic rings. The highest BCUT2D eigenvalue weighted by molar-refractivity contribution is 5.77. The van der Waals surface area contributed by atoms with Crippen LogP contribution in [0.25, 0.3) is 5.70 Å². The van der Waals surface area contributed by atoms with Crippen LogP contribution in [0.5, 0.6) is 11.5 Å². The van der Waals surface area contributed by atoms with Gasteiger partial charge in [0.15, 0.2) is 11.5 Å². The predicted molar refractivity (Wildman–Crippen MR) is 93.6 cm³/mol. The third-order valence-corrected chi connectivity index (χ3v) is 4.23. The lowest BCUT2D eigenvalue weighted by Gasteiger charge is -2.24. The van der Waals surface area contributed by atoms with Crippen molar-refractivity contribution < 1.29 is 22.6 Å². The van der Waals surface area contributed by atoms with Crippen LogP contribution in [0, 0.1) is 5.82 Å². The van der Waals surface area contributed by atoms with Crippen LogP contribution >= 0.6 is 0 Å².